The average Bonchev–Trinajstić information content (AvgIpc) is 3.54. The fourth-order valence-electron chi connectivity index (χ4n) is 5.36. The van der Waals surface area contributed by atoms with E-state index in [1.54, 1.807) is 22.7 Å². The number of aryl methyl sites for hydroxylation is 2. The molecule has 0 radical (unpaired) electrons. The fraction of sp³-hybridized carbons (Fsp3) is 0.667. The Bertz CT molecular complexity index is 867. The normalized spacial score (nSPS) is 11.1. The van der Waals surface area contributed by atoms with Gasteiger partial charge in [-0.3, -0.25) is 0 Å². The summed E-state index contributed by atoms with van der Waals surface area (Å²) < 4.78 is 0. The van der Waals surface area contributed by atoms with Crippen molar-refractivity contribution >= 4 is 22.7 Å². The van der Waals surface area contributed by atoms with E-state index in [1.807, 2.05) is 0 Å². The lowest BCUT2D eigenvalue weighted by Crippen LogP contribution is -1.90. The predicted molar refractivity (Wildman–Crippen MR) is 175 cm³/mol. The molecule has 0 aliphatic carbocycles. The van der Waals surface area contributed by atoms with E-state index in [1.165, 1.54) is 149 Å². The molecule has 0 atom stereocenters. The molecule has 0 amide bonds. The first-order chi connectivity index (χ1) is 18.7. The van der Waals surface area contributed by atoms with Crippen LogP contribution in [-0.4, -0.2) is 0 Å². The van der Waals surface area contributed by atoms with E-state index in [-0.39, 0.29) is 0 Å². The molecular formula is C36H54S2. The van der Waals surface area contributed by atoms with Crippen molar-refractivity contribution in [1.29, 1.82) is 0 Å². The zero-order valence-electron chi connectivity index (χ0n) is 24.7. The van der Waals surface area contributed by atoms with Crippen molar-refractivity contribution < 1.29 is 0 Å². The van der Waals surface area contributed by atoms with Crippen molar-refractivity contribution in [1.82, 2.24) is 0 Å². The third kappa shape index (κ3) is 13.0. The second-order valence-electron chi connectivity index (χ2n) is 11.1. The molecule has 0 spiro atoms. The number of unbranched alkanes of at least 4 members (excludes halogenated alkanes) is 18. The SMILES string of the molecule is C#Cc1cc(CCCCCCCCCCCC)c(-c2sc(C#C)cc2CCCCCCCCCCCC)s1. The molecule has 0 aliphatic heterocycles. The van der Waals surface area contributed by atoms with E-state index in [9.17, 15) is 0 Å². The largest absolute Gasteiger partial charge is 0.125 e. The Morgan fingerprint density at radius 3 is 1.05 bits per heavy atom. The summed E-state index contributed by atoms with van der Waals surface area (Å²) in [6.45, 7) is 4.58. The maximum Gasteiger partial charge on any atom is 0.0775 e. The van der Waals surface area contributed by atoms with E-state index < -0.39 is 0 Å². The molecule has 0 nitrogen and oxygen atoms in total. The number of hydrogen-bond donors (Lipinski definition) is 0. The number of thiophene rings is 2. The molecule has 2 heterocycles. The van der Waals surface area contributed by atoms with Crippen LogP contribution in [0.2, 0.25) is 0 Å². The van der Waals surface area contributed by atoms with Gasteiger partial charge >= 0.3 is 0 Å². The van der Waals surface area contributed by atoms with E-state index in [4.69, 9.17) is 12.8 Å². The van der Waals surface area contributed by atoms with E-state index in [0.717, 1.165) is 22.6 Å². The van der Waals surface area contributed by atoms with Crippen LogP contribution in [0.3, 0.4) is 0 Å². The Morgan fingerprint density at radius 2 is 0.763 bits per heavy atom. The van der Waals surface area contributed by atoms with Crippen molar-refractivity contribution in [3.63, 3.8) is 0 Å². The molecule has 0 aliphatic rings. The lowest BCUT2D eigenvalue weighted by Gasteiger charge is -2.07. The molecular weight excluding hydrogens is 497 g/mol. The Balaban J connectivity index is 1.82. The first-order valence-electron chi connectivity index (χ1n) is 15.9. The highest BCUT2D eigenvalue weighted by Crippen LogP contribution is 2.41. The Hall–Kier alpha value is -1.48. The zero-order valence-corrected chi connectivity index (χ0v) is 26.3. The maximum atomic E-state index is 5.84. The lowest BCUT2D eigenvalue weighted by molar-refractivity contribution is 0.556. The highest BCUT2D eigenvalue weighted by atomic mass is 32.1. The van der Waals surface area contributed by atoms with Crippen molar-refractivity contribution in [2.75, 3.05) is 0 Å². The zero-order chi connectivity index (χ0) is 27.3. The van der Waals surface area contributed by atoms with Gasteiger partial charge in [0, 0.05) is 9.75 Å². The topological polar surface area (TPSA) is 0 Å². The van der Waals surface area contributed by atoms with Gasteiger partial charge in [0.2, 0.25) is 0 Å². The Kier molecular flexibility index (Phi) is 18.4. The summed E-state index contributed by atoms with van der Waals surface area (Å²) in [6.07, 6.45) is 41.4. The van der Waals surface area contributed by atoms with Crippen molar-refractivity contribution in [2.24, 2.45) is 0 Å². The fourth-order valence-corrected chi connectivity index (χ4v) is 7.60. The van der Waals surface area contributed by atoms with Crippen molar-refractivity contribution in [3.8, 4) is 34.4 Å². The molecule has 0 bridgehead atoms. The molecule has 0 fully saturated rings. The van der Waals surface area contributed by atoms with Gasteiger partial charge in [-0.2, -0.15) is 0 Å². The van der Waals surface area contributed by atoms with E-state index >= 15 is 0 Å². The average molecular weight is 551 g/mol. The highest BCUT2D eigenvalue weighted by molar-refractivity contribution is 7.23. The smallest absolute Gasteiger partial charge is 0.0775 e. The number of terminal acetylenes is 2. The second kappa shape index (κ2) is 21.4. The molecule has 210 valence electrons. The highest BCUT2D eigenvalue weighted by Gasteiger charge is 2.17. The monoisotopic (exact) mass is 550 g/mol. The van der Waals surface area contributed by atoms with Gasteiger partial charge in [-0.05, 0) is 48.9 Å². The van der Waals surface area contributed by atoms with E-state index in [0.29, 0.717) is 0 Å². The van der Waals surface area contributed by atoms with Crippen molar-refractivity contribution in [2.45, 2.75) is 155 Å². The molecule has 0 saturated heterocycles. The van der Waals surface area contributed by atoms with Crippen LogP contribution in [-0.2, 0) is 12.8 Å². The van der Waals surface area contributed by atoms with Crippen LogP contribution < -0.4 is 0 Å². The summed E-state index contributed by atoms with van der Waals surface area (Å²) in [5.41, 5.74) is 2.88. The van der Waals surface area contributed by atoms with Crippen LogP contribution in [0.5, 0.6) is 0 Å². The van der Waals surface area contributed by atoms with Gasteiger partial charge < -0.3 is 0 Å². The third-order valence-corrected chi connectivity index (χ3v) is 10.1. The van der Waals surface area contributed by atoms with Crippen LogP contribution in [0.15, 0.2) is 12.1 Å². The summed E-state index contributed by atoms with van der Waals surface area (Å²) in [6, 6.07) is 4.54. The quantitative estimate of drug-likeness (QED) is 0.0953. The minimum atomic E-state index is 1.06. The number of rotatable bonds is 23. The van der Waals surface area contributed by atoms with Gasteiger partial charge in [0.25, 0.3) is 0 Å². The van der Waals surface area contributed by atoms with Gasteiger partial charge in [0.1, 0.15) is 0 Å². The minimum Gasteiger partial charge on any atom is -0.125 e. The van der Waals surface area contributed by atoms with Crippen LogP contribution >= 0.6 is 22.7 Å². The van der Waals surface area contributed by atoms with Crippen LogP contribution in [0.25, 0.3) is 9.75 Å². The van der Waals surface area contributed by atoms with Gasteiger partial charge in [-0.1, -0.05) is 141 Å². The molecule has 0 aromatic carbocycles. The Labute approximate surface area is 244 Å². The van der Waals surface area contributed by atoms with E-state index in [2.05, 4.69) is 37.8 Å². The van der Waals surface area contributed by atoms with Crippen LogP contribution in [0, 0.1) is 24.7 Å². The Morgan fingerprint density at radius 1 is 0.474 bits per heavy atom. The summed E-state index contributed by atoms with van der Waals surface area (Å²) in [5.74, 6) is 5.82. The summed E-state index contributed by atoms with van der Waals surface area (Å²) >= 11 is 3.59. The molecule has 2 aromatic heterocycles. The minimum absolute atomic E-state index is 1.06. The maximum absolute atomic E-state index is 5.84. The van der Waals surface area contributed by atoms with Gasteiger partial charge in [-0.15, -0.1) is 35.5 Å². The van der Waals surface area contributed by atoms with Crippen LogP contribution in [0.1, 0.15) is 163 Å². The van der Waals surface area contributed by atoms with Gasteiger partial charge in [0.05, 0.1) is 9.75 Å². The molecule has 2 aromatic rings. The standard InChI is InChI=1S/C36H54S2/c1-5-9-11-13-15-17-19-21-23-25-27-31-29-33(7-3)37-35(31)36-32(30-34(8-4)38-36)28-26-24-22-20-18-16-14-12-10-6-2/h3-4,29-30H,5-6,9-28H2,1-2H3. The third-order valence-electron chi connectivity index (χ3n) is 7.71. The molecule has 0 unspecified atom stereocenters. The molecule has 0 N–H and O–H groups in total. The second-order valence-corrected chi connectivity index (χ2v) is 13.2. The first kappa shape index (κ1) is 32.7. The molecule has 2 heteroatoms. The van der Waals surface area contributed by atoms with Gasteiger partial charge in [-0.25, -0.2) is 0 Å². The molecule has 0 saturated carbocycles. The summed E-state index contributed by atoms with van der Waals surface area (Å²) in [5, 5.41) is 0. The predicted octanol–water partition coefficient (Wildman–Crippen LogP) is 12.4. The van der Waals surface area contributed by atoms with Crippen molar-refractivity contribution in [3.05, 3.63) is 33.0 Å². The summed E-state index contributed by atoms with van der Waals surface area (Å²) in [7, 11) is 0. The summed E-state index contributed by atoms with van der Waals surface area (Å²) in [4.78, 5) is 4.90. The van der Waals surface area contributed by atoms with Gasteiger partial charge in [0.15, 0.2) is 0 Å². The molecule has 2 rings (SSSR count). The number of hydrogen-bond acceptors (Lipinski definition) is 2. The molecule has 38 heavy (non-hydrogen) atoms. The lowest BCUT2D eigenvalue weighted by atomic mass is 10.0. The first-order valence-corrected chi connectivity index (χ1v) is 17.6. The van der Waals surface area contributed by atoms with Crippen LogP contribution in [0.4, 0.5) is 0 Å².